The first-order valence-electron chi connectivity index (χ1n) is 5.44. The summed E-state index contributed by atoms with van der Waals surface area (Å²) in [5.74, 6) is 0. The molecule has 0 aromatic carbocycles. The normalized spacial score (nSPS) is 33.1. The number of ether oxygens (including phenoxy) is 1. The van der Waals surface area contributed by atoms with Crippen molar-refractivity contribution in [2.45, 2.75) is 24.5 Å². The van der Waals surface area contributed by atoms with Crippen molar-refractivity contribution in [2.75, 3.05) is 33.2 Å². The molecule has 1 unspecified atom stereocenters. The van der Waals surface area contributed by atoms with E-state index < -0.39 is 0 Å². The average molecular weight is 196 g/mol. The summed E-state index contributed by atoms with van der Waals surface area (Å²) in [4.78, 5) is 2.36. The zero-order valence-electron chi connectivity index (χ0n) is 8.96. The van der Waals surface area contributed by atoms with E-state index in [1.54, 1.807) is 0 Å². The molecule has 0 saturated carbocycles. The van der Waals surface area contributed by atoms with Crippen molar-refractivity contribution in [3.05, 3.63) is 12.7 Å². The Hall–Kier alpha value is -0.380. The van der Waals surface area contributed by atoms with Gasteiger partial charge in [-0.05, 0) is 33.0 Å². The predicted molar refractivity (Wildman–Crippen MR) is 57.4 cm³/mol. The molecule has 0 amide bonds. The molecular weight excluding hydrogens is 176 g/mol. The smallest absolute Gasteiger partial charge is 0.0888 e. The third-order valence-electron chi connectivity index (χ3n) is 3.23. The van der Waals surface area contributed by atoms with Crippen LogP contribution in [0.2, 0.25) is 0 Å². The Labute approximate surface area is 86.1 Å². The number of morpholine rings is 1. The van der Waals surface area contributed by atoms with Gasteiger partial charge in [0.2, 0.25) is 0 Å². The maximum Gasteiger partial charge on any atom is 0.0888 e. The Kier molecular flexibility index (Phi) is 2.91. The third kappa shape index (κ3) is 2.00. The van der Waals surface area contributed by atoms with E-state index in [1.165, 1.54) is 0 Å². The summed E-state index contributed by atoms with van der Waals surface area (Å²) in [6, 6.07) is 0. The van der Waals surface area contributed by atoms with E-state index in [2.05, 4.69) is 23.8 Å². The van der Waals surface area contributed by atoms with E-state index >= 15 is 0 Å². The van der Waals surface area contributed by atoms with Gasteiger partial charge < -0.3 is 15.0 Å². The Morgan fingerprint density at radius 2 is 2.21 bits per heavy atom. The van der Waals surface area contributed by atoms with Gasteiger partial charge in [-0.25, -0.2) is 0 Å². The van der Waals surface area contributed by atoms with Gasteiger partial charge in [0.25, 0.3) is 0 Å². The molecule has 1 N–H and O–H groups in total. The van der Waals surface area contributed by atoms with Gasteiger partial charge in [-0.1, -0.05) is 6.08 Å². The van der Waals surface area contributed by atoms with Crippen LogP contribution in [0.1, 0.15) is 12.8 Å². The quantitative estimate of drug-likeness (QED) is 0.622. The average Bonchev–Trinajstić information content (AvgIpc) is 2.17. The van der Waals surface area contributed by atoms with E-state index in [0.717, 1.165) is 39.0 Å². The number of rotatable bonds is 1. The molecule has 2 aliphatic heterocycles. The molecule has 2 rings (SSSR count). The molecule has 2 saturated heterocycles. The zero-order chi connectivity index (χ0) is 10.0. The molecule has 0 aromatic heterocycles. The molecule has 0 radical (unpaired) electrons. The van der Waals surface area contributed by atoms with Crippen LogP contribution in [0.4, 0.5) is 0 Å². The number of hydrogen-bond acceptors (Lipinski definition) is 3. The van der Waals surface area contributed by atoms with Gasteiger partial charge in [-0.3, -0.25) is 0 Å². The van der Waals surface area contributed by atoms with E-state index in [-0.39, 0.29) is 11.7 Å². The predicted octanol–water partition coefficient (Wildman–Crippen LogP) is 0.625. The molecule has 2 fully saturated rings. The summed E-state index contributed by atoms with van der Waals surface area (Å²) in [5, 5.41) is 3.38. The first-order chi connectivity index (χ1) is 6.74. The molecular formula is C11H20N2O. The molecule has 14 heavy (non-hydrogen) atoms. The highest BCUT2D eigenvalue weighted by molar-refractivity contribution is 4.97. The van der Waals surface area contributed by atoms with Crippen molar-refractivity contribution in [1.82, 2.24) is 10.2 Å². The molecule has 2 aliphatic rings. The van der Waals surface area contributed by atoms with Crippen LogP contribution in [0.25, 0.3) is 0 Å². The van der Waals surface area contributed by atoms with Gasteiger partial charge >= 0.3 is 0 Å². The second-order valence-electron chi connectivity index (χ2n) is 4.52. The van der Waals surface area contributed by atoms with Crippen LogP contribution in [0, 0.1) is 0 Å². The Balaban J connectivity index is 2.05. The van der Waals surface area contributed by atoms with Crippen LogP contribution in [-0.4, -0.2) is 49.8 Å². The van der Waals surface area contributed by atoms with Crippen LogP contribution in [-0.2, 0) is 4.74 Å². The molecule has 0 aliphatic carbocycles. The number of likely N-dealkylation sites (N-methyl/N-ethyl adjacent to an activating group) is 1. The van der Waals surface area contributed by atoms with E-state index in [4.69, 9.17) is 4.74 Å². The summed E-state index contributed by atoms with van der Waals surface area (Å²) in [6.07, 6.45) is 4.40. The first-order valence-corrected chi connectivity index (χ1v) is 5.44. The zero-order valence-corrected chi connectivity index (χ0v) is 8.96. The van der Waals surface area contributed by atoms with Crippen LogP contribution < -0.4 is 5.32 Å². The Bertz CT molecular complexity index is 211. The standard InChI is InChI=1S/C11H20N2O/c1-3-10-8-13(2)9-11(14-10)4-6-12-7-5-11/h3,10,12H,1,4-9H2,2H3. The van der Waals surface area contributed by atoms with Gasteiger partial charge in [0.1, 0.15) is 0 Å². The monoisotopic (exact) mass is 196 g/mol. The Morgan fingerprint density at radius 1 is 1.50 bits per heavy atom. The topological polar surface area (TPSA) is 24.5 Å². The van der Waals surface area contributed by atoms with Crippen LogP contribution in [0.3, 0.4) is 0 Å². The maximum atomic E-state index is 6.13. The Morgan fingerprint density at radius 3 is 2.86 bits per heavy atom. The van der Waals surface area contributed by atoms with E-state index in [1.807, 2.05) is 6.08 Å². The summed E-state index contributed by atoms with van der Waals surface area (Å²) < 4.78 is 6.13. The lowest BCUT2D eigenvalue weighted by atomic mass is 9.89. The summed E-state index contributed by atoms with van der Waals surface area (Å²) in [6.45, 7) is 8.04. The molecule has 0 bridgehead atoms. The van der Waals surface area contributed by atoms with E-state index in [0.29, 0.717) is 0 Å². The van der Waals surface area contributed by atoms with Gasteiger partial charge in [-0.2, -0.15) is 0 Å². The van der Waals surface area contributed by atoms with Crippen molar-refractivity contribution in [3.8, 4) is 0 Å². The fraction of sp³-hybridized carbons (Fsp3) is 0.818. The number of hydrogen-bond donors (Lipinski definition) is 1. The maximum absolute atomic E-state index is 6.13. The third-order valence-corrected chi connectivity index (χ3v) is 3.23. The van der Waals surface area contributed by atoms with Crippen molar-refractivity contribution in [1.29, 1.82) is 0 Å². The largest absolute Gasteiger partial charge is 0.365 e. The number of piperidine rings is 1. The van der Waals surface area contributed by atoms with Crippen LogP contribution in [0.15, 0.2) is 12.7 Å². The lowest BCUT2D eigenvalue weighted by Crippen LogP contribution is -2.57. The van der Waals surface area contributed by atoms with Crippen LogP contribution >= 0.6 is 0 Å². The van der Waals surface area contributed by atoms with Gasteiger partial charge in [0.15, 0.2) is 0 Å². The summed E-state index contributed by atoms with van der Waals surface area (Å²) in [7, 11) is 2.17. The van der Waals surface area contributed by atoms with Gasteiger partial charge in [-0.15, -0.1) is 6.58 Å². The minimum absolute atomic E-state index is 0.0944. The molecule has 1 spiro atoms. The highest BCUT2D eigenvalue weighted by Gasteiger charge is 2.39. The molecule has 1 atom stereocenters. The van der Waals surface area contributed by atoms with Gasteiger partial charge in [0, 0.05) is 13.1 Å². The highest BCUT2D eigenvalue weighted by Crippen LogP contribution is 2.29. The first kappa shape index (κ1) is 10.1. The number of nitrogens with one attached hydrogen (secondary N) is 1. The molecule has 80 valence electrons. The summed E-state index contributed by atoms with van der Waals surface area (Å²) >= 11 is 0. The molecule has 3 nitrogen and oxygen atoms in total. The molecule has 0 aromatic rings. The van der Waals surface area contributed by atoms with Crippen molar-refractivity contribution < 1.29 is 4.74 Å². The SMILES string of the molecule is C=CC1CN(C)CC2(CCNCC2)O1. The minimum atomic E-state index is 0.0944. The second kappa shape index (κ2) is 4.01. The number of nitrogens with zero attached hydrogens (tertiary/aromatic N) is 1. The minimum Gasteiger partial charge on any atom is -0.365 e. The second-order valence-corrected chi connectivity index (χ2v) is 4.52. The molecule has 3 heteroatoms. The lowest BCUT2D eigenvalue weighted by molar-refractivity contribution is -0.145. The van der Waals surface area contributed by atoms with Crippen molar-refractivity contribution in [3.63, 3.8) is 0 Å². The lowest BCUT2D eigenvalue weighted by Gasteiger charge is -2.46. The molecule has 2 heterocycles. The highest BCUT2D eigenvalue weighted by atomic mass is 16.5. The fourth-order valence-electron chi connectivity index (χ4n) is 2.54. The van der Waals surface area contributed by atoms with Crippen molar-refractivity contribution >= 4 is 0 Å². The van der Waals surface area contributed by atoms with Gasteiger partial charge in [0.05, 0.1) is 11.7 Å². The van der Waals surface area contributed by atoms with E-state index in [9.17, 15) is 0 Å². The summed E-state index contributed by atoms with van der Waals surface area (Å²) in [5.41, 5.74) is 0.0944. The van der Waals surface area contributed by atoms with Crippen LogP contribution in [0.5, 0.6) is 0 Å². The van der Waals surface area contributed by atoms with Crippen molar-refractivity contribution in [2.24, 2.45) is 0 Å². The fourth-order valence-corrected chi connectivity index (χ4v) is 2.54.